The number of hydrogen-bond acceptors (Lipinski definition) is 5. The van der Waals surface area contributed by atoms with E-state index in [0.717, 1.165) is 0 Å². The maximum atomic E-state index is 11.1. The van der Waals surface area contributed by atoms with E-state index in [4.69, 9.17) is 19.9 Å². The highest BCUT2D eigenvalue weighted by Crippen LogP contribution is 2.25. The fourth-order valence-electron chi connectivity index (χ4n) is 1.70. The molecule has 0 saturated heterocycles. The highest BCUT2D eigenvalue weighted by Gasteiger charge is 2.25. The molecule has 0 aliphatic rings. The lowest BCUT2D eigenvalue weighted by molar-refractivity contribution is 0.199. The van der Waals surface area contributed by atoms with Crippen LogP contribution in [0.4, 0.5) is 0 Å². The van der Waals surface area contributed by atoms with Gasteiger partial charge in [-0.15, -0.1) is 0 Å². The molecule has 6 nitrogen and oxygen atoms in total. The van der Waals surface area contributed by atoms with E-state index in [1.165, 1.54) is 7.11 Å². The summed E-state index contributed by atoms with van der Waals surface area (Å²) < 4.78 is 32.8. The third kappa shape index (κ3) is 5.47. The molecule has 110 valence electrons. The first kappa shape index (κ1) is 16.3. The Labute approximate surface area is 119 Å². The Morgan fingerprint density at radius 3 is 2.40 bits per heavy atom. The second kappa shape index (κ2) is 6.11. The van der Waals surface area contributed by atoms with Gasteiger partial charge in [0.15, 0.2) is 0 Å². The minimum atomic E-state index is -3.57. The first-order valence-corrected chi connectivity index (χ1v) is 7.59. The summed E-state index contributed by atoms with van der Waals surface area (Å²) in [5, 5.41) is 13.9. The van der Waals surface area contributed by atoms with E-state index < -0.39 is 15.4 Å². The van der Waals surface area contributed by atoms with Crippen LogP contribution in [0.25, 0.3) is 0 Å². The molecule has 20 heavy (non-hydrogen) atoms. The van der Waals surface area contributed by atoms with Crippen molar-refractivity contribution in [2.45, 2.75) is 13.8 Å². The highest BCUT2D eigenvalue weighted by molar-refractivity contribution is 7.89. The molecule has 0 aliphatic carbocycles. The van der Waals surface area contributed by atoms with Crippen LogP contribution in [-0.2, 0) is 10.0 Å². The summed E-state index contributed by atoms with van der Waals surface area (Å²) >= 11 is 0. The molecular formula is C13H18N2O4S. The Morgan fingerprint density at radius 2 is 1.90 bits per heavy atom. The second-order valence-electron chi connectivity index (χ2n) is 5.27. The van der Waals surface area contributed by atoms with E-state index in [2.05, 4.69) is 0 Å². The van der Waals surface area contributed by atoms with Crippen molar-refractivity contribution < 1.29 is 17.9 Å². The Bertz CT molecular complexity index is 618. The molecule has 0 spiro atoms. The number of nitrogens with two attached hydrogens (primary N) is 1. The summed E-state index contributed by atoms with van der Waals surface area (Å²) in [5.41, 5.74) is -0.229. The molecule has 1 aromatic rings. The number of ether oxygens (including phenoxy) is 2. The van der Waals surface area contributed by atoms with Gasteiger partial charge in [0.25, 0.3) is 0 Å². The van der Waals surface area contributed by atoms with Crippen LogP contribution < -0.4 is 14.6 Å². The molecule has 1 aromatic carbocycles. The maximum absolute atomic E-state index is 11.1. The van der Waals surface area contributed by atoms with Gasteiger partial charge < -0.3 is 9.47 Å². The lowest BCUT2D eigenvalue weighted by Crippen LogP contribution is -2.33. The van der Waals surface area contributed by atoms with Crippen molar-refractivity contribution in [3.8, 4) is 17.6 Å². The molecule has 0 aliphatic heterocycles. The second-order valence-corrected chi connectivity index (χ2v) is 6.88. The number of rotatable bonds is 6. The average molecular weight is 298 g/mol. The highest BCUT2D eigenvalue weighted by atomic mass is 32.2. The topological polar surface area (TPSA) is 102 Å². The standard InChI is InChI=1S/C13H18N2O4S/c1-13(2,9-20(15,16)17)8-19-12-5-10(7-14)4-11(6-12)18-3/h4-6H,8-9H2,1-3H3,(H2,15,16,17). The number of nitriles is 1. The Kier molecular flexibility index (Phi) is 4.98. The summed E-state index contributed by atoms with van der Waals surface area (Å²) in [7, 11) is -2.08. The van der Waals surface area contributed by atoms with Crippen molar-refractivity contribution in [3.05, 3.63) is 23.8 Å². The number of benzene rings is 1. The predicted octanol–water partition coefficient (Wildman–Crippen LogP) is 1.26. The fourth-order valence-corrected chi connectivity index (χ4v) is 2.88. The molecule has 0 bridgehead atoms. The summed E-state index contributed by atoms with van der Waals surface area (Å²) in [4.78, 5) is 0. The number of sulfonamides is 1. The van der Waals surface area contributed by atoms with E-state index in [9.17, 15) is 8.42 Å². The molecule has 0 aromatic heterocycles. The summed E-state index contributed by atoms with van der Waals surface area (Å²) in [6, 6.07) is 6.79. The molecule has 0 saturated carbocycles. The third-order valence-corrected chi connectivity index (χ3v) is 3.65. The van der Waals surface area contributed by atoms with E-state index in [-0.39, 0.29) is 12.4 Å². The average Bonchev–Trinajstić information content (AvgIpc) is 2.33. The zero-order chi connectivity index (χ0) is 15.4. The minimum Gasteiger partial charge on any atom is -0.497 e. The van der Waals surface area contributed by atoms with Gasteiger partial charge in [0.05, 0.1) is 31.1 Å². The lowest BCUT2D eigenvalue weighted by atomic mass is 9.98. The molecular weight excluding hydrogens is 280 g/mol. The molecule has 0 atom stereocenters. The van der Waals surface area contributed by atoms with Gasteiger partial charge in [0, 0.05) is 11.5 Å². The van der Waals surface area contributed by atoms with E-state index in [0.29, 0.717) is 17.1 Å². The Balaban J connectivity index is 2.82. The van der Waals surface area contributed by atoms with Crippen molar-refractivity contribution >= 4 is 10.0 Å². The number of methoxy groups -OCH3 is 1. The predicted molar refractivity (Wildman–Crippen MR) is 75.0 cm³/mol. The SMILES string of the molecule is COc1cc(C#N)cc(OCC(C)(C)CS(N)(=O)=O)c1. The van der Waals surface area contributed by atoms with Crippen LogP contribution in [0.2, 0.25) is 0 Å². The molecule has 0 unspecified atom stereocenters. The molecule has 1 rings (SSSR count). The van der Waals surface area contributed by atoms with Gasteiger partial charge in [-0.3, -0.25) is 0 Å². The van der Waals surface area contributed by atoms with Crippen molar-refractivity contribution in [2.24, 2.45) is 10.6 Å². The zero-order valence-electron chi connectivity index (χ0n) is 11.7. The first-order chi connectivity index (χ1) is 9.15. The number of primary sulfonamides is 1. The molecule has 0 radical (unpaired) electrons. The van der Waals surface area contributed by atoms with E-state index in [1.807, 2.05) is 6.07 Å². The van der Waals surface area contributed by atoms with Crippen molar-refractivity contribution in [2.75, 3.05) is 19.5 Å². The van der Waals surface area contributed by atoms with Gasteiger partial charge in [0.1, 0.15) is 11.5 Å². The van der Waals surface area contributed by atoms with E-state index in [1.54, 1.807) is 32.0 Å². The van der Waals surface area contributed by atoms with Crippen LogP contribution in [0.15, 0.2) is 18.2 Å². The van der Waals surface area contributed by atoms with Crippen LogP contribution in [0.5, 0.6) is 11.5 Å². The maximum Gasteiger partial charge on any atom is 0.209 e. The fraction of sp³-hybridized carbons (Fsp3) is 0.462. The molecule has 0 heterocycles. The first-order valence-electron chi connectivity index (χ1n) is 5.88. The summed E-state index contributed by atoms with van der Waals surface area (Å²) in [6.45, 7) is 3.63. The largest absolute Gasteiger partial charge is 0.497 e. The van der Waals surface area contributed by atoms with Gasteiger partial charge >= 0.3 is 0 Å². The zero-order valence-corrected chi connectivity index (χ0v) is 12.5. The van der Waals surface area contributed by atoms with Crippen LogP contribution >= 0.6 is 0 Å². The van der Waals surface area contributed by atoms with Gasteiger partial charge in [0.2, 0.25) is 10.0 Å². The van der Waals surface area contributed by atoms with Gasteiger partial charge in [-0.1, -0.05) is 13.8 Å². The molecule has 0 fully saturated rings. The van der Waals surface area contributed by atoms with Crippen LogP contribution in [0.1, 0.15) is 19.4 Å². The van der Waals surface area contributed by atoms with Gasteiger partial charge in [-0.05, 0) is 12.1 Å². The van der Waals surface area contributed by atoms with Crippen molar-refractivity contribution in [1.82, 2.24) is 0 Å². The normalized spacial score (nSPS) is 11.8. The smallest absolute Gasteiger partial charge is 0.209 e. The number of nitrogens with zero attached hydrogens (tertiary/aromatic N) is 1. The Morgan fingerprint density at radius 1 is 1.30 bits per heavy atom. The van der Waals surface area contributed by atoms with Crippen LogP contribution in [0.3, 0.4) is 0 Å². The lowest BCUT2D eigenvalue weighted by Gasteiger charge is -2.23. The van der Waals surface area contributed by atoms with Gasteiger partial charge in [-0.25, -0.2) is 13.6 Å². The summed E-state index contributed by atoms with van der Waals surface area (Å²) in [6.07, 6.45) is 0. The monoisotopic (exact) mass is 298 g/mol. The minimum absolute atomic E-state index is 0.154. The number of hydrogen-bond donors (Lipinski definition) is 1. The molecule has 7 heteroatoms. The quantitative estimate of drug-likeness (QED) is 0.851. The van der Waals surface area contributed by atoms with Crippen molar-refractivity contribution in [3.63, 3.8) is 0 Å². The van der Waals surface area contributed by atoms with Crippen LogP contribution in [-0.4, -0.2) is 27.9 Å². The summed E-state index contributed by atoms with van der Waals surface area (Å²) in [5.74, 6) is 0.765. The van der Waals surface area contributed by atoms with Crippen molar-refractivity contribution in [1.29, 1.82) is 5.26 Å². The molecule has 2 N–H and O–H groups in total. The molecule has 0 amide bonds. The van der Waals surface area contributed by atoms with Crippen LogP contribution in [0, 0.1) is 16.7 Å². The van der Waals surface area contributed by atoms with E-state index >= 15 is 0 Å². The van der Waals surface area contributed by atoms with Gasteiger partial charge in [-0.2, -0.15) is 5.26 Å². The Hall–Kier alpha value is -1.78. The third-order valence-electron chi connectivity index (χ3n) is 2.47.